The molecule has 5 heteroatoms. The Kier molecular flexibility index (Phi) is 3.75. The molecule has 21 heavy (non-hydrogen) atoms. The summed E-state index contributed by atoms with van der Waals surface area (Å²) in [5, 5.41) is 11.1. The Morgan fingerprint density at radius 1 is 1.43 bits per heavy atom. The predicted molar refractivity (Wildman–Crippen MR) is 80.9 cm³/mol. The van der Waals surface area contributed by atoms with E-state index in [1.165, 1.54) is 0 Å². The van der Waals surface area contributed by atoms with E-state index in [1.807, 2.05) is 24.3 Å². The number of hydrogen-bond acceptors (Lipinski definition) is 4. The van der Waals surface area contributed by atoms with E-state index in [4.69, 9.17) is 4.74 Å². The number of methoxy groups -OCH3 is 1. The van der Waals surface area contributed by atoms with Crippen LogP contribution in [0, 0.1) is 0 Å². The number of carboxylic acid groups (broad SMARTS) is 1. The third kappa shape index (κ3) is 2.69. The fraction of sp³-hybridized carbons (Fsp3) is 0.375. The molecule has 1 aromatic heterocycles. The lowest BCUT2D eigenvalue weighted by atomic mass is 10.1. The van der Waals surface area contributed by atoms with Crippen LogP contribution >= 0.6 is 0 Å². The minimum Gasteiger partial charge on any atom is -0.477 e. The largest absolute Gasteiger partial charge is 0.477 e. The quantitative estimate of drug-likeness (QED) is 0.939. The monoisotopic (exact) mass is 286 g/mol. The highest BCUT2D eigenvalue weighted by Crippen LogP contribution is 2.28. The first kappa shape index (κ1) is 13.8. The van der Waals surface area contributed by atoms with Gasteiger partial charge in [0, 0.05) is 25.6 Å². The SMILES string of the molecule is COC1CCCN(c2nc(C(=O)O)cc3ccccc23)C1. The van der Waals surface area contributed by atoms with Crippen molar-refractivity contribution in [3.8, 4) is 0 Å². The van der Waals surface area contributed by atoms with E-state index in [0.29, 0.717) is 0 Å². The molecule has 2 heterocycles. The number of rotatable bonds is 3. The number of piperidine rings is 1. The molecule has 0 spiro atoms. The van der Waals surface area contributed by atoms with Crippen molar-refractivity contribution in [1.82, 2.24) is 4.98 Å². The number of ether oxygens (including phenoxy) is 1. The molecule has 0 radical (unpaired) electrons. The number of hydrogen-bond donors (Lipinski definition) is 1. The molecule has 1 unspecified atom stereocenters. The second-order valence-corrected chi connectivity index (χ2v) is 5.30. The van der Waals surface area contributed by atoms with Crippen LogP contribution in [0.15, 0.2) is 30.3 Å². The highest BCUT2D eigenvalue weighted by atomic mass is 16.5. The first-order valence-electron chi connectivity index (χ1n) is 7.10. The molecule has 1 saturated heterocycles. The molecule has 110 valence electrons. The fourth-order valence-corrected chi connectivity index (χ4v) is 2.85. The zero-order valence-electron chi connectivity index (χ0n) is 12.0. The Morgan fingerprint density at radius 3 is 3.00 bits per heavy atom. The molecular formula is C16H18N2O3. The van der Waals surface area contributed by atoms with Gasteiger partial charge in [-0.2, -0.15) is 0 Å². The Balaban J connectivity index is 2.09. The van der Waals surface area contributed by atoms with Crippen LogP contribution in [-0.4, -0.2) is 42.4 Å². The van der Waals surface area contributed by atoms with Gasteiger partial charge in [-0.1, -0.05) is 24.3 Å². The van der Waals surface area contributed by atoms with E-state index >= 15 is 0 Å². The van der Waals surface area contributed by atoms with Crippen molar-refractivity contribution in [2.24, 2.45) is 0 Å². The molecule has 0 saturated carbocycles. The number of anilines is 1. The van der Waals surface area contributed by atoms with Gasteiger partial charge in [-0.3, -0.25) is 0 Å². The zero-order chi connectivity index (χ0) is 14.8. The molecule has 5 nitrogen and oxygen atoms in total. The molecule has 1 aliphatic rings. The zero-order valence-corrected chi connectivity index (χ0v) is 12.0. The van der Waals surface area contributed by atoms with Gasteiger partial charge >= 0.3 is 5.97 Å². The summed E-state index contributed by atoms with van der Waals surface area (Å²) in [7, 11) is 1.72. The number of pyridine rings is 1. The molecule has 1 atom stereocenters. The lowest BCUT2D eigenvalue weighted by Gasteiger charge is -2.33. The van der Waals surface area contributed by atoms with Crippen molar-refractivity contribution < 1.29 is 14.6 Å². The molecule has 1 aliphatic heterocycles. The van der Waals surface area contributed by atoms with Gasteiger partial charge in [0.15, 0.2) is 5.69 Å². The van der Waals surface area contributed by atoms with Crippen LogP contribution in [0.25, 0.3) is 10.8 Å². The molecule has 1 N–H and O–H groups in total. The lowest BCUT2D eigenvalue weighted by molar-refractivity contribution is 0.0690. The van der Waals surface area contributed by atoms with E-state index < -0.39 is 5.97 Å². The minimum absolute atomic E-state index is 0.0863. The summed E-state index contributed by atoms with van der Waals surface area (Å²) >= 11 is 0. The topological polar surface area (TPSA) is 62.7 Å². The van der Waals surface area contributed by atoms with Gasteiger partial charge in [0.25, 0.3) is 0 Å². The molecule has 2 aromatic rings. The normalized spacial score (nSPS) is 18.9. The molecule has 0 bridgehead atoms. The van der Waals surface area contributed by atoms with Gasteiger partial charge in [0.1, 0.15) is 5.82 Å². The first-order valence-corrected chi connectivity index (χ1v) is 7.10. The van der Waals surface area contributed by atoms with Crippen LogP contribution in [0.2, 0.25) is 0 Å². The van der Waals surface area contributed by atoms with Crippen molar-refractivity contribution in [2.45, 2.75) is 18.9 Å². The second-order valence-electron chi connectivity index (χ2n) is 5.30. The van der Waals surface area contributed by atoms with E-state index in [9.17, 15) is 9.90 Å². The van der Waals surface area contributed by atoms with Crippen LogP contribution in [-0.2, 0) is 4.74 Å². The third-order valence-electron chi connectivity index (χ3n) is 3.95. The first-order chi connectivity index (χ1) is 10.2. The summed E-state index contributed by atoms with van der Waals surface area (Å²) in [5.41, 5.74) is 0.0863. The average molecular weight is 286 g/mol. The van der Waals surface area contributed by atoms with Gasteiger partial charge in [-0.05, 0) is 24.3 Å². The maximum Gasteiger partial charge on any atom is 0.354 e. The summed E-state index contributed by atoms with van der Waals surface area (Å²) in [6, 6.07) is 9.39. The van der Waals surface area contributed by atoms with Crippen molar-refractivity contribution in [3.63, 3.8) is 0 Å². The summed E-state index contributed by atoms with van der Waals surface area (Å²) in [4.78, 5) is 17.8. The average Bonchev–Trinajstić information content (AvgIpc) is 2.53. The van der Waals surface area contributed by atoms with Gasteiger partial charge in [0.2, 0.25) is 0 Å². The van der Waals surface area contributed by atoms with E-state index in [1.54, 1.807) is 13.2 Å². The second kappa shape index (κ2) is 5.69. The smallest absolute Gasteiger partial charge is 0.354 e. The Bertz CT molecular complexity index is 672. The van der Waals surface area contributed by atoms with Crippen molar-refractivity contribution in [1.29, 1.82) is 0 Å². The van der Waals surface area contributed by atoms with Crippen LogP contribution in [0.5, 0.6) is 0 Å². The highest BCUT2D eigenvalue weighted by molar-refractivity contribution is 5.98. The highest BCUT2D eigenvalue weighted by Gasteiger charge is 2.23. The van der Waals surface area contributed by atoms with Crippen molar-refractivity contribution >= 4 is 22.6 Å². The molecule has 3 rings (SSSR count). The summed E-state index contributed by atoms with van der Waals surface area (Å²) < 4.78 is 5.45. The molecule has 1 fully saturated rings. The van der Waals surface area contributed by atoms with E-state index in [0.717, 1.165) is 42.5 Å². The number of aromatic carboxylic acids is 1. The third-order valence-corrected chi connectivity index (χ3v) is 3.95. The lowest BCUT2D eigenvalue weighted by Crippen LogP contribution is -2.40. The van der Waals surface area contributed by atoms with Crippen molar-refractivity contribution in [3.05, 3.63) is 36.0 Å². The number of fused-ring (bicyclic) bond motifs is 1. The van der Waals surface area contributed by atoms with Crippen LogP contribution < -0.4 is 4.90 Å². The molecule has 0 amide bonds. The Hall–Kier alpha value is -2.14. The Labute approximate surface area is 123 Å². The summed E-state index contributed by atoms with van der Waals surface area (Å²) in [5.74, 6) is -0.255. The van der Waals surface area contributed by atoms with Gasteiger partial charge in [-0.25, -0.2) is 9.78 Å². The van der Waals surface area contributed by atoms with E-state index in [-0.39, 0.29) is 11.8 Å². The summed E-state index contributed by atoms with van der Waals surface area (Å²) in [6.07, 6.45) is 2.22. The Morgan fingerprint density at radius 2 is 2.24 bits per heavy atom. The molecule has 0 aliphatic carbocycles. The van der Waals surface area contributed by atoms with Crippen molar-refractivity contribution in [2.75, 3.05) is 25.1 Å². The molecule has 1 aromatic carbocycles. The maximum absolute atomic E-state index is 11.3. The van der Waals surface area contributed by atoms with Gasteiger partial charge in [-0.15, -0.1) is 0 Å². The maximum atomic E-state index is 11.3. The molecular weight excluding hydrogens is 268 g/mol. The number of benzene rings is 1. The number of carbonyl (C=O) groups is 1. The summed E-state index contributed by atoms with van der Waals surface area (Å²) in [6.45, 7) is 1.62. The number of carboxylic acids is 1. The van der Waals surface area contributed by atoms with Crippen LogP contribution in [0.4, 0.5) is 5.82 Å². The van der Waals surface area contributed by atoms with Gasteiger partial charge in [0.05, 0.1) is 6.10 Å². The standard InChI is InChI=1S/C16H18N2O3/c1-21-12-6-4-8-18(10-12)15-13-7-3-2-5-11(13)9-14(17-15)16(19)20/h2-3,5,7,9,12H,4,6,8,10H2,1H3,(H,19,20). The predicted octanol–water partition coefficient (Wildman–Crippen LogP) is 2.55. The fourth-order valence-electron chi connectivity index (χ4n) is 2.85. The van der Waals surface area contributed by atoms with Crippen LogP contribution in [0.3, 0.4) is 0 Å². The van der Waals surface area contributed by atoms with Gasteiger partial charge < -0.3 is 14.7 Å². The van der Waals surface area contributed by atoms with E-state index in [2.05, 4.69) is 9.88 Å². The number of aromatic nitrogens is 1. The van der Waals surface area contributed by atoms with Crippen LogP contribution in [0.1, 0.15) is 23.3 Å². The minimum atomic E-state index is -0.998. The number of nitrogens with zero attached hydrogens (tertiary/aromatic N) is 2.